The summed E-state index contributed by atoms with van der Waals surface area (Å²) < 4.78 is 36.3. The number of aryl methyl sites for hydroxylation is 2. The number of benzene rings is 1. The molecule has 29 heavy (non-hydrogen) atoms. The molecule has 0 aliphatic carbocycles. The highest BCUT2D eigenvalue weighted by Gasteiger charge is 2.25. The van der Waals surface area contributed by atoms with E-state index in [1.54, 1.807) is 12.1 Å². The van der Waals surface area contributed by atoms with E-state index in [1.165, 1.54) is 13.8 Å². The number of anilines is 1. The number of aromatic nitrogens is 1. The number of amides is 1. The van der Waals surface area contributed by atoms with Crippen LogP contribution in [0.1, 0.15) is 43.2 Å². The summed E-state index contributed by atoms with van der Waals surface area (Å²) in [5.41, 5.74) is 1.83. The second kappa shape index (κ2) is 9.66. The second-order valence-corrected chi connectivity index (χ2v) is 8.29. The van der Waals surface area contributed by atoms with Crippen LogP contribution in [0.3, 0.4) is 0 Å². The molecule has 0 fully saturated rings. The van der Waals surface area contributed by atoms with Crippen molar-refractivity contribution in [3.63, 3.8) is 0 Å². The molecular formula is C19H25N3O6S. The molecule has 0 aliphatic heterocycles. The number of hydrogen-bond acceptors (Lipinski definition) is 7. The molecular weight excluding hydrogens is 398 g/mol. The van der Waals surface area contributed by atoms with Crippen LogP contribution in [-0.2, 0) is 24.3 Å². The fraction of sp³-hybridized carbons (Fsp3) is 0.421. The van der Waals surface area contributed by atoms with Crippen LogP contribution in [0.15, 0.2) is 33.7 Å². The van der Waals surface area contributed by atoms with Gasteiger partial charge in [0.05, 0.1) is 0 Å². The molecule has 2 rings (SSSR count). The molecule has 1 atom stereocenters. The van der Waals surface area contributed by atoms with E-state index in [0.29, 0.717) is 5.69 Å². The van der Waals surface area contributed by atoms with Gasteiger partial charge in [0.15, 0.2) is 12.4 Å². The Hall–Kier alpha value is -2.72. The van der Waals surface area contributed by atoms with E-state index in [2.05, 4.69) is 29.0 Å². The first-order valence-corrected chi connectivity index (χ1v) is 10.6. The predicted octanol–water partition coefficient (Wildman–Crippen LogP) is 2.27. The number of rotatable bonds is 9. The lowest BCUT2D eigenvalue weighted by Crippen LogP contribution is -2.32. The summed E-state index contributed by atoms with van der Waals surface area (Å²) in [6.45, 7) is 5.88. The van der Waals surface area contributed by atoms with Crippen molar-refractivity contribution in [2.24, 2.45) is 0 Å². The minimum atomic E-state index is -3.99. The first kappa shape index (κ1) is 22.6. The van der Waals surface area contributed by atoms with E-state index in [-0.39, 0.29) is 22.3 Å². The van der Waals surface area contributed by atoms with Crippen molar-refractivity contribution in [3.05, 3.63) is 41.3 Å². The fourth-order valence-corrected chi connectivity index (χ4v) is 4.02. The Morgan fingerprint density at radius 3 is 2.55 bits per heavy atom. The third-order valence-electron chi connectivity index (χ3n) is 4.39. The molecule has 0 unspecified atom stereocenters. The number of ether oxygens (including phenoxy) is 1. The first-order valence-electron chi connectivity index (χ1n) is 9.12. The van der Waals surface area contributed by atoms with Gasteiger partial charge in [0.1, 0.15) is 17.1 Å². The second-order valence-electron chi connectivity index (χ2n) is 6.58. The van der Waals surface area contributed by atoms with Crippen LogP contribution >= 0.6 is 0 Å². The van der Waals surface area contributed by atoms with Gasteiger partial charge in [-0.25, -0.2) is 8.42 Å². The SMILES string of the molecule is CC[C@H](C)c1ccccc1NC(=O)COC(=O)CNS(=O)(=O)c1c(C)noc1C. The van der Waals surface area contributed by atoms with Gasteiger partial charge in [-0.2, -0.15) is 4.72 Å². The minimum Gasteiger partial charge on any atom is -0.455 e. The lowest BCUT2D eigenvalue weighted by molar-refractivity contribution is -0.146. The van der Waals surface area contributed by atoms with Crippen molar-refractivity contribution in [3.8, 4) is 0 Å². The predicted molar refractivity (Wildman–Crippen MR) is 106 cm³/mol. The highest BCUT2D eigenvalue weighted by atomic mass is 32.2. The molecule has 10 heteroatoms. The number of hydrogen-bond donors (Lipinski definition) is 2. The van der Waals surface area contributed by atoms with Gasteiger partial charge in [-0.15, -0.1) is 0 Å². The molecule has 1 aromatic carbocycles. The molecule has 0 bridgehead atoms. The Balaban J connectivity index is 1.88. The lowest BCUT2D eigenvalue weighted by Gasteiger charge is -2.15. The van der Waals surface area contributed by atoms with Crippen molar-refractivity contribution < 1.29 is 27.3 Å². The van der Waals surface area contributed by atoms with E-state index in [0.717, 1.165) is 12.0 Å². The quantitative estimate of drug-likeness (QED) is 0.592. The van der Waals surface area contributed by atoms with Gasteiger partial charge in [0.25, 0.3) is 5.91 Å². The van der Waals surface area contributed by atoms with Gasteiger partial charge in [0.2, 0.25) is 10.0 Å². The molecule has 1 amide bonds. The van der Waals surface area contributed by atoms with Crippen molar-refractivity contribution in [2.75, 3.05) is 18.5 Å². The molecule has 9 nitrogen and oxygen atoms in total. The molecule has 158 valence electrons. The van der Waals surface area contributed by atoms with E-state index >= 15 is 0 Å². The molecule has 1 heterocycles. The Morgan fingerprint density at radius 1 is 1.24 bits per heavy atom. The molecule has 0 saturated carbocycles. The van der Waals surface area contributed by atoms with Gasteiger partial charge in [-0.3, -0.25) is 9.59 Å². The highest BCUT2D eigenvalue weighted by Crippen LogP contribution is 2.26. The summed E-state index contributed by atoms with van der Waals surface area (Å²) in [5, 5.41) is 6.29. The molecule has 0 saturated heterocycles. The van der Waals surface area contributed by atoms with Crippen molar-refractivity contribution >= 4 is 27.6 Å². The molecule has 2 N–H and O–H groups in total. The standard InChI is InChI=1S/C19H25N3O6S/c1-5-12(2)15-8-6-7-9-16(15)21-17(23)11-27-18(24)10-20-29(25,26)19-13(3)22-28-14(19)4/h6-9,12,20H,5,10-11H2,1-4H3,(H,21,23)/t12-/m0/s1. The van der Waals surface area contributed by atoms with Crippen LogP contribution in [0.4, 0.5) is 5.69 Å². The molecule has 2 aromatic rings. The zero-order valence-electron chi connectivity index (χ0n) is 16.8. The number of nitrogens with zero attached hydrogens (tertiary/aromatic N) is 1. The van der Waals surface area contributed by atoms with E-state index in [1.807, 2.05) is 12.1 Å². The zero-order chi connectivity index (χ0) is 21.6. The number of esters is 1. The maximum atomic E-state index is 12.3. The summed E-state index contributed by atoms with van der Waals surface area (Å²) in [5.74, 6) is -1.02. The maximum Gasteiger partial charge on any atom is 0.321 e. The van der Waals surface area contributed by atoms with Gasteiger partial charge in [-0.1, -0.05) is 37.2 Å². The Bertz CT molecular complexity index is 964. The summed E-state index contributed by atoms with van der Waals surface area (Å²) in [6.07, 6.45) is 0.910. The average Bonchev–Trinajstić information content (AvgIpc) is 3.03. The summed E-state index contributed by atoms with van der Waals surface area (Å²) in [7, 11) is -3.99. The minimum absolute atomic E-state index is 0.114. The summed E-state index contributed by atoms with van der Waals surface area (Å²) >= 11 is 0. The molecule has 0 aliphatic rings. The fourth-order valence-electron chi connectivity index (χ4n) is 2.73. The number of sulfonamides is 1. The van der Waals surface area contributed by atoms with Gasteiger partial charge in [0, 0.05) is 5.69 Å². The third-order valence-corrected chi connectivity index (χ3v) is 6.03. The Labute approximate surface area is 169 Å². The van der Waals surface area contributed by atoms with Crippen molar-refractivity contribution in [1.29, 1.82) is 0 Å². The maximum absolute atomic E-state index is 12.3. The first-order chi connectivity index (χ1) is 13.7. The van der Waals surface area contributed by atoms with E-state index in [4.69, 9.17) is 9.26 Å². The molecule has 0 radical (unpaired) electrons. The van der Waals surface area contributed by atoms with Crippen molar-refractivity contribution in [1.82, 2.24) is 9.88 Å². The number of nitrogens with one attached hydrogen (secondary N) is 2. The van der Waals surface area contributed by atoms with Crippen LogP contribution in [0, 0.1) is 13.8 Å². The van der Waals surface area contributed by atoms with Crippen LogP contribution in [0.2, 0.25) is 0 Å². The monoisotopic (exact) mass is 423 g/mol. The summed E-state index contributed by atoms with van der Waals surface area (Å²) in [6, 6.07) is 7.40. The van der Waals surface area contributed by atoms with Crippen LogP contribution in [0.5, 0.6) is 0 Å². The van der Waals surface area contributed by atoms with Crippen LogP contribution in [-0.4, -0.2) is 38.6 Å². The number of para-hydroxylation sites is 1. The van der Waals surface area contributed by atoms with Gasteiger partial charge >= 0.3 is 5.97 Å². The lowest BCUT2D eigenvalue weighted by atomic mass is 9.97. The van der Waals surface area contributed by atoms with Crippen LogP contribution < -0.4 is 10.0 Å². The molecule has 0 spiro atoms. The smallest absolute Gasteiger partial charge is 0.321 e. The Kier molecular flexibility index (Phi) is 7.52. The van der Waals surface area contributed by atoms with Gasteiger partial charge in [-0.05, 0) is 37.8 Å². The largest absolute Gasteiger partial charge is 0.455 e. The highest BCUT2D eigenvalue weighted by molar-refractivity contribution is 7.89. The third kappa shape index (κ3) is 5.88. The zero-order valence-corrected chi connectivity index (χ0v) is 17.6. The molecule has 1 aromatic heterocycles. The average molecular weight is 423 g/mol. The summed E-state index contributed by atoms with van der Waals surface area (Å²) in [4.78, 5) is 23.8. The number of carbonyl (C=O) groups is 2. The van der Waals surface area contributed by atoms with Crippen LogP contribution in [0.25, 0.3) is 0 Å². The van der Waals surface area contributed by atoms with Gasteiger partial charge < -0.3 is 14.6 Å². The van der Waals surface area contributed by atoms with E-state index < -0.39 is 35.1 Å². The number of carbonyl (C=O) groups excluding carboxylic acids is 2. The topological polar surface area (TPSA) is 128 Å². The van der Waals surface area contributed by atoms with E-state index in [9.17, 15) is 18.0 Å². The van der Waals surface area contributed by atoms with Crippen molar-refractivity contribution in [2.45, 2.75) is 44.9 Å². The Morgan fingerprint density at radius 2 is 1.93 bits per heavy atom. The normalized spacial score (nSPS) is 12.4.